The van der Waals surface area contributed by atoms with Crippen molar-refractivity contribution in [1.29, 1.82) is 0 Å². The molecule has 1 N–H and O–H groups in total. The van der Waals surface area contributed by atoms with E-state index < -0.39 is 0 Å². The Bertz CT molecular complexity index is 350. The van der Waals surface area contributed by atoms with Crippen molar-refractivity contribution in [3.63, 3.8) is 0 Å². The van der Waals surface area contributed by atoms with Gasteiger partial charge in [0.05, 0.1) is 12.2 Å². The fourth-order valence-electron chi connectivity index (χ4n) is 2.14. The van der Waals surface area contributed by atoms with Crippen molar-refractivity contribution >= 4 is 0 Å². The normalized spacial score (nSPS) is 18.1. The van der Waals surface area contributed by atoms with Gasteiger partial charge in [-0.3, -0.25) is 4.68 Å². The first-order valence-corrected chi connectivity index (χ1v) is 6.36. The van der Waals surface area contributed by atoms with Crippen LogP contribution in [0.5, 0.6) is 0 Å². The van der Waals surface area contributed by atoms with Crippen LogP contribution in [-0.4, -0.2) is 15.8 Å². The maximum Gasteiger partial charge on any atom is 0.0537 e. The highest BCUT2D eigenvalue weighted by atomic mass is 15.3. The third-order valence-corrected chi connectivity index (χ3v) is 3.54. The number of nitrogens with zero attached hydrogens (tertiary/aromatic N) is 2. The van der Waals surface area contributed by atoms with Crippen molar-refractivity contribution in [2.45, 2.75) is 59.2 Å². The third-order valence-electron chi connectivity index (χ3n) is 3.54. The fraction of sp³-hybridized carbons (Fsp3) is 0.769. The molecule has 0 aromatic carbocycles. The van der Waals surface area contributed by atoms with E-state index in [1.54, 1.807) is 0 Å². The molecule has 3 nitrogen and oxygen atoms in total. The summed E-state index contributed by atoms with van der Waals surface area (Å²) in [6.07, 6.45) is 4.77. The van der Waals surface area contributed by atoms with Crippen LogP contribution in [0.25, 0.3) is 0 Å². The van der Waals surface area contributed by atoms with Gasteiger partial charge in [0, 0.05) is 23.8 Å². The molecule has 0 amide bonds. The topological polar surface area (TPSA) is 29.9 Å². The Morgan fingerprint density at radius 2 is 2.12 bits per heavy atom. The molecule has 1 aromatic heterocycles. The fourth-order valence-corrected chi connectivity index (χ4v) is 2.14. The first-order chi connectivity index (χ1) is 7.59. The predicted molar refractivity (Wildman–Crippen MR) is 66.4 cm³/mol. The molecule has 3 heteroatoms. The minimum atomic E-state index is 0.531. The van der Waals surface area contributed by atoms with E-state index in [-0.39, 0.29) is 0 Å². The van der Waals surface area contributed by atoms with Gasteiger partial charge in [0.2, 0.25) is 0 Å². The van der Waals surface area contributed by atoms with E-state index in [2.05, 4.69) is 42.8 Å². The molecule has 1 aliphatic rings. The first kappa shape index (κ1) is 11.6. The lowest BCUT2D eigenvalue weighted by molar-refractivity contribution is 0.430. The van der Waals surface area contributed by atoms with Crippen LogP contribution in [-0.2, 0) is 6.54 Å². The number of nitrogens with one attached hydrogen (secondary N) is 1. The van der Waals surface area contributed by atoms with Crippen molar-refractivity contribution in [3.8, 4) is 0 Å². The maximum absolute atomic E-state index is 4.53. The molecule has 1 aliphatic carbocycles. The zero-order valence-corrected chi connectivity index (χ0v) is 10.8. The molecular weight excluding hydrogens is 198 g/mol. The van der Waals surface area contributed by atoms with Gasteiger partial charge in [-0.25, -0.2) is 0 Å². The smallest absolute Gasteiger partial charge is 0.0537 e. The van der Waals surface area contributed by atoms with Crippen LogP contribution in [0.1, 0.15) is 50.9 Å². The Morgan fingerprint density at radius 3 is 2.69 bits per heavy atom. The molecule has 1 unspecified atom stereocenters. The summed E-state index contributed by atoms with van der Waals surface area (Å²) in [4.78, 5) is 0. The van der Waals surface area contributed by atoms with Gasteiger partial charge >= 0.3 is 0 Å². The molecule has 1 fully saturated rings. The van der Waals surface area contributed by atoms with Crippen molar-refractivity contribution in [2.24, 2.45) is 5.92 Å². The van der Waals surface area contributed by atoms with E-state index in [1.807, 2.05) is 6.20 Å². The minimum Gasteiger partial charge on any atom is -0.310 e. The Hall–Kier alpha value is -0.830. The lowest BCUT2D eigenvalue weighted by atomic mass is 10.2. The molecule has 1 saturated carbocycles. The summed E-state index contributed by atoms with van der Waals surface area (Å²) in [7, 11) is 0. The molecule has 0 bridgehead atoms. The molecule has 1 aromatic rings. The second-order valence-corrected chi connectivity index (χ2v) is 5.31. The van der Waals surface area contributed by atoms with E-state index in [0.717, 1.165) is 12.5 Å². The Balaban J connectivity index is 2.04. The predicted octanol–water partition coefficient (Wildman–Crippen LogP) is 2.66. The van der Waals surface area contributed by atoms with Crippen LogP contribution in [0.2, 0.25) is 0 Å². The summed E-state index contributed by atoms with van der Waals surface area (Å²) in [6, 6.07) is 1.11. The molecule has 0 saturated heterocycles. The average molecular weight is 221 g/mol. The second kappa shape index (κ2) is 4.58. The standard InChI is InChI=1S/C13H23N3/c1-9(2)14-7-13-8-15-16(11(13)4)10(3)12-5-6-12/h8-10,12,14H,5-7H2,1-4H3. The first-order valence-electron chi connectivity index (χ1n) is 6.36. The van der Waals surface area contributed by atoms with Crippen LogP contribution in [0.3, 0.4) is 0 Å². The minimum absolute atomic E-state index is 0.531. The van der Waals surface area contributed by atoms with Gasteiger partial charge in [0.15, 0.2) is 0 Å². The highest BCUT2D eigenvalue weighted by Crippen LogP contribution is 2.39. The zero-order chi connectivity index (χ0) is 11.7. The zero-order valence-electron chi connectivity index (χ0n) is 10.8. The average Bonchev–Trinajstić information content (AvgIpc) is 3.00. The molecular formula is C13H23N3. The quantitative estimate of drug-likeness (QED) is 0.828. The van der Waals surface area contributed by atoms with Gasteiger partial charge in [-0.05, 0) is 32.6 Å². The molecule has 1 atom stereocenters. The maximum atomic E-state index is 4.53. The van der Waals surface area contributed by atoms with Crippen LogP contribution in [0, 0.1) is 12.8 Å². The molecule has 0 aliphatic heterocycles. The summed E-state index contributed by atoms with van der Waals surface area (Å²) in [5.74, 6) is 0.865. The van der Waals surface area contributed by atoms with Crippen molar-refractivity contribution in [2.75, 3.05) is 0 Å². The van der Waals surface area contributed by atoms with Gasteiger partial charge in [0.25, 0.3) is 0 Å². The van der Waals surface area contributed by atoms with Crippen LogP contribution < -0.4 is 5.32 Å². The second-order valence-electron chi connectivity index (χ2n) is 5.31. The number of hydrogen-bond acceptors (Lipinski definition) is 2. The molecule has 16 heavy (non-hydrogen) atoms. The molecule has 1 heterocycles. The van der Waals surface area contributed by atoms with Crippen molar-refractivity contribution in [3.05, 3.63) is 17.5 Å². The molecule has 90 valence electrons. The molecule has 0 radical (unpaired) electrons. The van der Waals surface area contributed by atoms with E-state index >= 15 is 0 Å². The van der Waals surface area contributed by atoms with Crippen LogP contribution >= 0.6 is 0 Å². The van der Waals surface area contributed by atoms with E-state index in [9.17, 15) is 0 Å². The Morgan fingerprint density at radius 1 is 1.44 bits per heavy atom. The van der Waals surface area contributed by atoms with Gasteiger partial charge < -0.3 is 5.32 Å². The van der Waals surface area contributed by atoms with E-state index in [1.165, 1.54) is 24.1 Å². The lowest BCUT2D eigenvalue weighted by Crippen LogP contribution is -2.22. The van der Waals surface area contributed by atoms with Crippen molar-refractivity contribution in [1.82, 2.24) is 15.1 Å². The molecule has 2 rings (SSSR count). The number of hydrogen-bond donors (Lipinski definition) is 1. The van der Waals surface area contributed by atoms with Gasteiger partial charge in [-0.15, -0.1) is 0 Å². The van der Waals surface area contributed by atoms with Gasteiger partial charge in [-0.1, -0.05) is 13.8 Å². The van der Waals surface area contributed by atoms with Crippen molar-refractivity contribution < 1.29 is 0 Å². The van der Waals surface area contributed by atoms with E-state index in [0.29, 0.717) is 12.1 Å². The lowest BCUT2D eigenvalue weighted by Gasteiger charge is -2.14. The number of rotatable bonds is 5. The Labute approximate surface area is 98.2 Å². The Kier molecular flexibility index (Phi) is 3.33. The van der Waals surface area contributed by atoms with Crippen LogP contribution in [0.15, 0.2) is 6.20 Å². The summed E-state index contributed by atoms with van der Waals surface area (Å²) in [6.45, 7) is 9.75. The summed E-state index contributed by atoms with van der Waals surface area (Å²) >= 11 is 0. The highest BCUT2D eigenvalue weighted by molar-refractivity contribution is 5.17. The van der Waals surface area contributed by atoms with Gasteiger partial charge in [-0.2, -0.15) is 5.10 Å². The summed E-state index contributed by atoms with van der Waals surface area (Å²) in [5, 5.41) is 7.98. The summed E-state index contributed by atoms with van der Waals surface area (Å²) < 4.78 is 2.20. The largest absolute Gasteiger partial charge is 0.310 e. The summed E-state index contributed by atoms with van der Waals surface area (Å²) in [5.41, 5.74) is 2.66. The molecule has 0 spiro atoms. The highest BCUT2D eigenvalue weighted by Gasteiger charge is 2.30. The van der Waals surface area contributed by atoms with E-state index in [4.69, 9.17) is 0 Å². The number of aromatic nitrogens is 2. The van der Waals surface area contributed by atoms with Crippen LogP contribution in [0.4, 0.5) is 0 Å². The third kappa shape index (κ3) is 2.46. The monoisotopic (exact) mass is 221 g/mol. The SMILES string of the molecule is Cc1c(CNC(C)C)cnn1C(C)C1CC1. The van der Waals surface area contributed by atoms with Gasteiger partial charge in [0.1, 0.15) is 0 Å².